The second-order valence-electron chi connectivity index (χ2n) is 10.4. The van der Waals surface area contributed by atoms with Crippen LogP contribution in [0.15, 0.2) is 114 Å². The first kappa shape index (κ1) is 28.1. The number of sulfonamides is 1. The summed E-state index contributed by atoms with van der Waals surface area (Å²) in [6, 6.07) is 32.9. The zero-order chi connectivity index (χ0) is 30.0. The summed E-state index contributed by atoms with van der Waals surface area (Å²) in [5.74, 6) is 1.07. The van der Waals surface area contributed by atoms with Crippen molar-refractivity contribution in [3.05, 3.63) is 132 Å². The summed E-state index contributed by atoms with van der Waals surface area (Å²) in [6.45, 7) is 4.74. The molecule has 0 aliphatic heterocycles. The summed E-state index contributed by atoms with van der Waals surface area (Å²) in [7, 11) is -4.12. The normalized spacial score (nSPS) is 11.6. The fourth-order valence-electron chi connectivity index (χ4n) is 5.24. The molecule has 0 aliphatic rings. The van der Waals surface area contributed by atoms with Gasteiger partial charge in [-0.1, -0.05) is 97.9 Å². The smallest absolute Gasteiger partial charge is 0.264 e. The average Bonchev–Trinajstić information content (AvgIpc) is 3.53. The second-order valence-corrected chi connectivity index (χ2v) is 12.0. The van der Waals surface area contributed by atoms with Crippen molar-refractivity contribution in [2.45, 2.75) is 38.1 Å². The average molecular weight is 590 g/mol. The van der Waals surface area contributed by atoms with Gasteiger partial charge in [-0.15, -0.1) is 0 Å². The minimum atomic E-state index is -4.12. The lowest BCUT2D eigenvalue weighted by atomic mass is 10.0. The molecule has 0 aliphatic carbocycles. The highest BCUT2D eigenvalue weighted by Gasteiger charge is 2.23. The van der Waals surface area contributed by atoms with Crippen molar-refractivity contribution < 1.29 is 13.2 Å². The highest BCUT2D eigenvalue weighted by atomic mass is 32.2. The molecule has 8 nitrogen and oxygen atoms in total. The number of carbonyl (C=O) groups is 1. The van der Waals surface area contributed by atoms with Crippen LogP contribution in [0.4, 0.5) is 0 Å². The van der Waals surface area contributed by atoms with E-state index in [9.17, 15) is 13.2 Å². The number of nitrogens with zero attached hydrogens (tertiary/aromatic N) is 4. The quantitative estimate of drug-likeness (QED) is 0.214. The van der Waals surface area contributed by atoms with Gasteiger partial charge in [-0.2, -0.15) is 5.10 Å². The van der Waals surface area contributed by atoms with Crippen molar-refractivity contribution in [3.8, 4) is 22.4 Å². The van der Waals surface area contributed by atoms with Gasteiger partial charge in [-0.3, -0.25) is 9.36 Å². The predicted molar refractivity (Wildman–Crippen MR) is 167 cm³/mol. The molecule has 0 saturated carbocycles. The van der Waals surface area contributed by atoms with E-state index >= 15 is 0 Å². The van der Waals surface area contributed by atoms with Crippen LogP contribution in [0.5, 0.6) is 0 Å². The number of carbonyl (C=O) groups excluding carboxylic acids is 1. The molecule has 1 amide bonds. The predicted octanol–water partition coefficient (Wildman–Crippen LogP) is 6.29. The van der Waals surface area contributed by atoms with E-state index in [1.54, 1.807) is 48.5 Å². The van der Waals surface area contributed by atoms with Gasteiger partial charge < -0.3 is 0 Å². The topological polar surface area (TPSA) is 98.4 Å². The van der Waals surface area contributed by atoms with Gasteiger partial charge in [0.1, 0.15) is 5.82 Å². The lowest BCUT2D eigenvalue weighted by molar-refractivity contribution is 0.0981. The first-order valence-corrected chi connectivity index (χ1v) is 15.6. The van der Waals surface area contributed by atoms with Crippen LogP contribution in [-0.4, -0.2) is 33.5 Å². The molecule has 0 atom stereocenters. The minimum Gasteiger partial charge on any atom is -0.292 e. The third-order valence-corrected chi connectivity index (χ3v) is 8.79. The van der Waals surface area contributed by atoms with Gasteiger partial charge in [0.25, 0.3) is 15.9 Å². The molecule has 4 aromatic carbocycles. The Hall–Kier alpha value is -5.02. The van der Waals surface area contributed by atoms with Crippen LogP contribution < -0.4 is 4.72 Å². The number of hydrogen-bond acceptors (Lipinski definition) is 5. The summed E-state index contributed by atoms with van der Waals surface area (Å²) >= 11 is 0. The lowest BCUT2D eigenvalue weighted by Crippen LogP contribution is -2.30. The molecule has 6 rings (SSSR count). The molecule has 9 heteroatoms. The van der Waals surface area contributed by atoms with Crippen molar-refractivity contribution in [3.63, 3.8) is 0 Å². The van der Waals surface area contributed by atoms with Gasteiger partial charge in [0, 0.05) is 23.1 Å². The van der Waals surface area contributed by atoms with Crippen molar-refractivity contribution in [2.75, 3.05) is 0 Å². The highest BCUT2D eigenvalue weighted by molar-refractivity contribution is 7.90. The molecule has 0 radical (unpaired) electrons. The summed E-state index contributed by atoms with van der Waals surface area (Å²) in [4.78, 5) is 17.7. The number of amides is 1. The fourth-order valence-corrected chi connectivity index (χ4v) is 6.44. The maximum atomic E-state index is 13.3. The number of benzene rings is 4. The van der Waals surface area contributed by atoms with Crippen LogP contribution in [0.25, 0.3) is 28.2 Å². The van der Waals surface area contributed by atoms with Crippen LogP contribution in [0.1, 0.15) is 40.8 Å². The maximum Gasteiger partial charge on any atom is 0.264 e. The molecule has 2 heterocycles. The molecule has 6 aromatic rings. The zero-order valence-electron chi connectivity index (χ0n) is 23.9. The first-order valence-electron chi connectivity index (χ1n) is 14.2. The molecular weight excluding hydrogens is 558 g/mol. The maximum absolute atomic E-state index is 13.3. The third-order valence-electron chi connectivity index (χ3n) is 7.40. The van der Waals surface area contributed by atoms with Crippen molar-refractivity contribution in [2.24, 2.45) is 0 Å². The number of aromatic nitrogens is 4. The van der Waals surface area contributed by atoms with Crippen molar-refractivity contribution in [1.29, 1.82) is 0 Å². The summed E-state index contributed by atoms with van der Waals surface area (Å²) in [5, 5.41) is 4.91. The largest absolute Gasteiger partial charge is 0.292 e. The molecule has 43 heavy (non-hydrogen) atoms. The Morgan fingerprint density at radius 1 is 0.814 bits per heavy atom. The highest BCUT2D eigenvalue weighted by Crippen LogP contribution is 2.29. The molecule has 0 bridgehead atoms. The van der Waals surface area contributed by atoms with E-state index in [4.69, 9.17) is 10.1 Å². The number of rotatable bonds is 9. The van der Waals surface area contributed by atoms with E-state index in [-0.39, 0.29) is 10.5 Å². The molecule has 0 fully saturated rings. The van der Waals surface area contributed by atoms with Gasteiger partial charge in [0.05, 0.1) is 22.8 Å². The standard InChI is InChI=1S/C34H31N5O3S/c1-3-12-31-36-39-24(2)32(27-13-6-4-7-14-27)35-34(39)38(31)23-25-19-21-26(22-20-25)29-17-10-11-18-30(29)43(41,42)37-33(40)28-15-8-5-9-16-28/h4-11,13-22H,3,12,23H2,1-2H3,(H,37,40). The SMILES string of the molecule is CCCc1nn2c(C)c(-c3ccccc3)nc2n1Cc1ccc(-c2ccccc2S(=O)(=O)NC(=O)c2ccccc2)cc1. The van der Waals surface area contributed by atoms with E-state index in [1.165, 1.54) is 6.07 Å². The Bertz CT molecular complexity index is 2010. The molecule has 216 valence electrons. The van der Waals surface area contributed by atoms with Crippen LogP contribution in [0.3, 0.4) is 0 Å². The van der Waals surface area contributed by atoms with E-state index in [1.807, 2.05) is 53.9 Å². The lowest BCUT2D eigenvalue weighted by Gasteiger charge is -2.13. The molecule has 2 aromatic heterocycles. The Kier molecular flexibility index (Phi) is 7.65. The zero-order valence-corrected chi connectivity index (χ0v) is 24.8. The monoisotopic (exact) mass is 589 g/mol. The van der Waals surface area contributed by atoms with Crippen molar-refractivity contribution >= 4 is 21.7 Å². The number of imidazole rings is 1. The number of aryl methyl sites for hydroxylation is 2. The Morgan fingerprint density at radius 2 is 1.47 bits per heavy atom. The molecule has 0 saturated heterocycles. The van der Waals surface area contributed by atoms with Gasteiger partial charge in [-0.05, 0) is 42.7 Å². The van der Waals surface area contributed by atoms with E-state index < -0.39 is 15.9 Å². The van der Waals surface area contributed by atoms with Crippen LogP contribution in [-0.2, 0) is 23.0 Å². The summed E-state index contributed by atoms with van der Waals surface area (Å²) in [5.41, 5.74) is 5.48. The van der Waals surface area contributed by atoms with E-state index in [0.29, 0.717) is 12.1 Å². The summed E-state index contributed by atoms with van der Waals surface area (Å²) < 4.78 is 32.9. The molecule has 0 unspecified atom stereocenters. The molecule has 0 spiro atoms. The van der Waals surface area contributed by atoms with Crippen LogP contribution >= 0.6 is 0 Å². The van der Waals surface area contributed by atoms with Gasteiger partial charge >= 0.3 is 0 Å². The van der Waals surface area contributed by atoms with Crippen LogP contribution in [0, 0.1) is 6.92 Å². The first-order chi connectivity index (χ1) is 20.9. The Balaban J connectivity index is 1.30. The van der Waals surface area contributed by atoms with Crippen molar-refractivity contribution in [1.82, 2.24) is 23.9 Å². The Morgan fingerprint density at radius 3 is 2.16 bits per heavy atom. The van der Waals surface area contributed by atoms with E-state index in [2.05, 4.69) is 28.3 Å². The van der Waals surface area contributed by atoms with Gasteiger partial charge in [-0.25, -0.2) is 22.6 Å². The van der Waals surface area contributed by atoms with Crippen LogP contribution in [0.2, 0.25) is 0 Å². The number of fused-ring (bicyclic) bond motifs is 1. The molecule has 1 N–H and O–H groups in total. The van der Waals surface area contributed by atoms with Gasteiger partial charge in [0.15, 0.2) is 0 Å². The minimum absolute atomic E-state index is 0.0369. The van der Waals surface area contributed by atoms with Gasteiger partial charge in [0.2, 0.25) is 5.78 Å². The molecular formula is C34H31N5O3S. The number of hydrogen-bond donors (Lipinski definition) is 1. The fraction of sp³-hybridized carbons (Fsp3) is 0.147. The second kappa shape index (κ2) is 11.7. The Labute approximate surface area is 250 Å². The number of nitrogens with one attached hydrogen (secondary N) is 1. The third kappa shape index (κ3) is 5.59. The van der Waals surface area contributed by atoms with E-state index in [0.717, 1.165) is 52.5 Å². The summed E-state index contributed by atoms with van der Waals surface area (Å²) in [6.07, 6.45) is 1.78.